The van der Waals surface area contributed by atoms with Crippen molar-refractivity contribution in [3.8, 4) is 0 Å². The van der Waals surface area contributed by atoms with E-state index >= 15 is 0 Å². The van der Waals surface area contributed by atoms with E-state index in [1.165, 1.54) is 47.2 Å². The molecule has 4 aromatic rings. The molecular formula is C30H30N9O7S3+. The molecule has 8 N–H and O–H groups in total. The molecule has 2 atom stereocenters. The fraction of sp³-hybridized carbons (Fsp3) is 0.267. The number of amidine groups is 1. The number of hydrogen-bond donors (Lipinski definition) is 6. The number of aliphatic carboxylic acids is 2. The molecule has 16 nitrogen and oxygen atoms in total. The second-order valence-corrected chi connectivity index (χ2v) is 14.6. The first kappa shape index (κ1) is 33.6. The van der Waals surface area contributed by atoms with Crippen molar-refractivity contribution in [3.63, 3.8) is 0 Å². The summed E-state index contributed by atoms with van der Waals surface area (Å²) in [6.45, 7) is 3.26. The second-order valence-electron chi connectivity index (χ2n) is 11.7. The van der Waals surface area contributed by atoms with Crippen LogP contribution in [0.15, 0.2) is 64.0 Å². The maximum atomic E-state index is 13.4. The van der Waals surface area contributed by atoms with E-state index in [1.54, 1.807) is 0 Å². The summed E-state index contributed by atoms with van der Waals surface area (Å²) in [5.74, 6) is -3.81. The van der Waals surface area contributed by atoms with Crippen LogP contribution < -0.4 is 21.4 Å². The molecule has 254 valence electrons. The number of β-lactam (4-membered cyclic amide) rings is 1. The number of carboxylic acid groups (broad SMARTS) is 2. The molecule has 19 heteroatoms. The Hall–Kier alpha value is -5.27. The largest absolute Gasteiger partial charge is 0.478 e. The first-order valence-electron chi connectivity index (χ1n) is 14.5. The van der Waals surface area contributed by atoms with Gasteiger partial charge in [-0.25, -0.2) is 14.6 Å². The average molecular weight is 725 g/mol. The van der Waals surface area contributed by atoms with Crippen LogP contribution in [0.2, 0.25) is 0 Å². The molecule has 6 rings (SSSR count). The monoisotopic (exact) mass is 724 g/mol. The van der Waals surface area contributed by atoms with Crippen molar-refractivity contribution in [2.24, 2.45) is 10.9 Å². The zero-order valence-corrected chi connectivity index (χ0v) is 28.4. The first-order valence-corrected chi connectivity index (χ1v) is 17.4. The summed E-state index contributed by atoms with van der Waals surface area (Å²) < 4.78 is 3.91. The third kappa shape index (κ3) is 6.59. The van der Waals surface area contributed by atoms with Crippen LogP contribution in [0.1, 0.15) is 30.0 Å². The molecule has 0 saturated carbocycles. The molecule has 0 bridgehead atoms. The Bertz CT molecular complexity index is 2100. The molecule has 1 fully saturated rings. The lowest BCUT2D eigenvalue weighted by molar-refractivity contribution is -0.687. The molecule has 0 unspecified atom stereocenters. The van der Waals surface area contributed by atoms with Crippen LogP contribution in [0.25, 0.3) is 10.9 Å². The summed E-state index contributed by atoms with van der Waals surface area (Å²) in [6, 6.07) is 4.70. The minimum Gasteiger partial charge on any atom is -0.478 e. The van der Waals surface area contributed by atoms with Gasteiger partial charge in [0.1, 0.15) is 34.2 Å². The maximum absolute atomic E-state index is 13.4. The number of nitrogens with two attached hydrogens (primary N) is 2. The van der Waals surface area contributed by atoms with E-state index in [0.29, 0.717) is 17.7 Å². The summed E-state index contributed by atoms with van der Waals surface area (Å²) in [6.07, 6.45) is 5.71. The van der Waals surface area contributed by atoms with Crippen LogP contribution in [0.3, 0.4) is 0 Å². The zero-order valence-electron chi connectivity index (χ0n) is 25.9. The van der Waals surface area contributed by atoms with Gasteiger partial charge in [-0.2, -0.15) is 4.57 Å². The van der Waals surface area contributed by atoms with Crippen molar-refractivity contribution >= 4 is 85.8 Å². The van der Waals surface area contributed by atoms with Gasteiger partial charge in [0.2, 0.25) is 5.60 Å². The number of anilines is 1. The summed E-state index contributed by atoms with van der Waals surface area (Å²) in [4.78, 5) is 62.2. The van der Waals surface area contributed by atoms with Crippen LogP contribution in [-0.2, 0) is 37.1 Å². The number of carbonyl (C=O) groups excluding carboxylic acids is 2. The Kier molecular flexibility index (Phi) is 8.90. The van der Waals surface area contributed by atoms with Crippen molar-refractivity contribution in [3.05, 3.63) is 75.0 Å². The predicted molar refractivity (Wildman–Crippen MR) is 182 cm³/mol. The van der Waals surface area contributed by atoms with Gasteiger partial charge in [-0.05, 0) is 26.0 Å². The SMILES string of the molecule is CC(C)(O/N=C(\C(=O)N[C@@H]1C(=O)N2C(C(=O)O)=C(C[n+]3ccc4ccn(Cc5cc(C(=N)N)cs5)c4c3)CS[C@H]12)c1csc(N)n1)C(=O)O. The number of nitrogens with one attached hydrogen (secondary N) is 2. The topological polar surface area (TPSA) is 243 Å². The number of rotatable bonds is 12. The highest BCUT2D eigenvalue weighted by Gasteiger charge is 2.55. The van der Waals surface area contributed by atoms with Gasteiger partial charge in [0.05, 0.1) is 6.54 Å². The van der Waals surface area contributed by atoms with Crippen LogP contribution in [0, 0.1) is 5.41 Å². The van der Waals surface area contributed by atoms with E-state index in [2.05, 4.69) is 20.0 Å². The summed E-state index contributed by atoms with van der Waals surface area (Å²) in [5.41, 5.74) is 11.1. The summed E-state index contributed by atoms with van der Waals surface area (Å²) >= 11 is 3.84. The van der Waals surface area contributed by atoms with Crippen LogP contribution in [0.5, 0.6) is 0 Å². The van der Waals surface area contributed by atoms with E-state index < -0.39 is 40.8 Å². The summed E-state index contributed by atoms with van der Waals surface area (Å²) in [7, 11) is 0. The molecule has 0 aromatic carbocycles. The molecule has 49 heavy (non-hydrogen) atoms. The molecule has 2 aliphatic heterocycles. The third-order valence-corrected chi connectivity index (χ3v) is 10.8. The van der Waals surface area contributed by atoms with E-state index in [9.17, 15) is 29.4 Å². The van der Waals surface area contributed by atoms with Crippen molar-refractivity contribution < 1.29 is 38.8 Å². The van der Waals surface area contributed by atoms with E-state index in [-0.39, 0.29) is 40.4 Å². The van der Waals surface area contributed by atoms with Crippen molar-refractivity contribution in [1.82, 2.24) is 19.8 Å². The molecule has 2 aliphatic rings. The zero-order chi connectivity index (χ0) is 35.2. The first-order chi connectivity index (χ1) is 23.2. The number of thioether (sulfide) groups is 1. The molecule has 0 aliphatic carbocycles. The van der Waals surface area contributed by atoms with E-state index in [4.69, 9.17) is 21.7 Å². The van der Waals surface area contributed by atoms with Gasteiger partial charge in [0, 0.05) is 50.2 Å². The number of amides is 2. The van der Waals surface area contributed by atoms with Crippen LogP contribution in [0.4, 0.5) is 5.13 Å². The van der Waals surface area contributed by atoms with Crippen molar-refractivity contribution in [1.29, 1.82) is 5.41 Å². The van der Waals surface area contributed by atoms with Gasteiger partial charge in [-0.15, -0.1) is 34.4 Å². The number of pyridine rings is 1. The molecule has 0 spiro atoms. The van der Waals surface area contributed by atoms with Gasteiger partial charge < -0.3 is 36.4 Å². The molecule has 4 aromatic heterocycles. The van der Waals surface area contributed by atoms with Gasteiger partial charge in [0.25, 0.3) is 11.8 Å². The normalized spacial score (nSPS) is 17.9. The number of hydrogen-bond acceptors (Lipinski definition) is 12. The van der Waals surface area contributed by atoms with E-state index in [1.807, 2.05) is 46.7 Å². The number of nitrogens with zero attached hydrogens (tertiary/aromatic N) is 5. The fourth-order valence-corrected chi connectivity index (χ4v) is 7.98. The Morgan fingerprint density at radius 3 is 2.67 bits per heavy atom. The lowest BCUT2D eigenvalue weighted by Crippen LogP contribution is -2.71. The molecular weight excluding hydrogens is 695 g/mol. The lowest BCUT2D eigenvalue weighted by atomic mass is 10.0. The summed E-state index contributed by atoms with van der Waals surface area (Å²) in [5, 5.41) is 37.3. The number of fused-ring (bicyclic) bond motifs is 2. The smallest absolute Gasteiger partial charge is 0.352 e. The third-order valence-electron chi connectivity index (χ3n) is 7.83. The standard InChI is InChI=1S/C30H29N9O7S3/c1-30(2,28(44)45)46-36-20(18-13-49-29(33)34-18)24(40)35-21-25(41)39-22(27(42)43)16(12-48-26(21)39)8-37-5-3-14-4-6-38(19(14)10-37)9-17-7-15(11-47-17)23(31)32/h3-7,10-11,13,21,26H,8-9,12H2,1-2H3,(H7-,31,32,33,34,35,40,42,43,44,45)/p+1/b36-20-/t21-,26-/m1/s1. The van der Waals surface area contributed by atoms with E-state index in [0.717, 1.165) is 27.1 Å². The fourth-order valence-electron chi connectivity index (χ4n) is 5.21. The van der Waals surface area contributed by atoms with Crippen LogP contribution in [-0.4, -0.2) is 82.7 Å². The van der Waals surface area contributed by atoms with Crippen molar-refractivity contribution in [2.75, 3.05) is 11.5 Å². The number of carboxylic acids is 2. The predicted octanol–water partition coefficient (Wildman–Crippen LogP) is 1.38. The van der Waals surface area contributed by atoms with Gasteiger partial charge in [-0.1, -0.05) is 5.16 Å². The Labute approximate surface area is 290 Å². The van der Waals surface area contributed by atoms with Gasteiger partial charge >= 0.3 is 11.9 Å². The quantitative estimate of drug-likeness (QED) is 0.0401. The van der Waals surface area contributed by atoms with Gasteiger partial charge in [-0.3, -0.25) is 19.9 Å². The lowest BCUT2D eigenvalue weighted by Gasteiger charge is -2.49. The van der Waals surface area contributed by atoms with Gasteiger partial charge in [0.15, 0.2) is 29.8 Å². The molecule has 1 saturated heterocycles. The number of carbonyl (C=O) groups is 4. The Morgan fingerprint density at radius 1 is 1.24 bits per heavy atom. The Balaban J connectivity index is 1.21. The maximum Gasteiger partial charge on any atom is 0.352 e. The minimum atomic E-state index is -1.77. The van der Waals surface area contributed by atoms with Crippen molar-refractivity contribution in [2.45, 2.75) is 44.0 Å². The number of thiazole rings is 1. The van der Waals surface area contributed by atoms with Crippen LogP contribution >= 0.6 is 34.4 Å². The second kappa shape index (κ2) is 13.0. The number of nitrogen functional groups attached to an aromatic ring is 2. The highest BCUT2D eigenvalue weighted by Crippen LogP contribution is 2.40. The highest BCUT2D eigenvalue weighted by atomic mass is 32.2. The Morgan fingerprint density at radius 2 is 2.02 bits per heavy atom. The number of oxime groups is 1. The highest BCUT2D eigenvalue weighted by molar-refractivity contribution is 8.00. The number of thiophene rings is 1. The number of aromatic nitrogens is 3. The molecule has 2 amide bonds. The molecule has 0 radical (unpaired) electrons. The minimum absolute atomic E-state index is 0.00809. The average Bonchev–Trinajstić information content (AvgIpc) is 3.80. The molecule has 6 heterocycles.